The molecule has 3 aromatic rings. The third kappa shape index (κ3) is 7.72. The summed E-state index contributed by atoms with van der Waals surface area (Å²) in [5.41, 5.74) is 3.73. The van der Waals surface area contributed by atoms with Crippen LogP contribution in [0.5, 0.6) is 5.75 Å². The molecule has 0 saturated heterocycles. The van der Waals surface area contributed by atoms with Gasteiger partial charge in [0.1, 0.15) is 5.75 Å². The Labute approximate surface area is 188 Å². The fourth-order valence-electron chi connectivity index (χ4n) is 2.25. The second-order valence-corrected chi connectivity index (χ2v) is 7.35. The summed E-state index contributed by atoms with van der Waals surface area (Å²) in [5.74, 6) is 0.0952. The van der Waals surface area contributed by atoms with E-state index in [2.05, 4.69) is 25.8 Å². The monoisotopic (exact) mass is 455 g/mol. The number of thioether (sulfide) groups is 1. The van der Waals surface area contributed by atoms with E-state index in [1.807, 2.05) is 0 Å². The molecule has 0 aliphatic rings. The van der Waals surface area contributed by atoms with Crippen LogP contribution in [0.1, 0.15) is 5.56 Å². The van der Waals surface area contributed by atoms with E-state index in [1.54, 1.807) is 67.0 Å². The van der Waals surface area contributed by atoms with Crippen molar-refractivity contribution in [3.05, 3.63) is 77.6 Å². The highest BCUT2D eigenvalue weighted by Gasteiger charge is 2.06. The lowest BCUT2D eigenvalue weighted by Crippen LogP contribution is -2.20. The number of amides is 2. The van der Waals surface area contributed by atoms with Gasteiger partial charge in [0, 0.05) is 12.4 Å². The lowest BCUT2D eigenvalue weighted by atomic mass is 10.2. The fraction of sp³-hybridized carbons (Fsp3) is 0.0952. The smallest absolute Gasteiger partial charge is 0.262 e. The van der Waals surface area contributed by atoms with Crippen molar-refractivity contribution in [1.29, 1.82) is 0 Å². The molecule has 2 amide bonds. The average molecular weight is 456 g/mol. The minimum atomic E-state index is -0.319. The number of rotatable bonds is 9. The number of anilines is 1. The molecule has 2 N–H and O–H groups in total. The SMILES string of the molecule is O=C(CSc1ncccn1)N/N=C\c1ccc(OCC(=O)Nc2ccccc2Cl)cc1. The van der Waals surface area contributed by atoms with Crippen LogP contribution in [0.3, 0.4) is 0 Å². The molecule has 1 heterocycles. The van der Waals surface area contributed by atoms with Crippen molar-refractivity contribution in [3.8, 4) is 5.75 Å². The molecule has 0 aliphatic heterocycles. The van der Waals surface area contributed by atoms with E-state index < -0.39 is 0 Å². The van der Waals surface area contributed by atoms with Gasteiger partial charge >= 0.3 is 0 Å². The maximum atomic E-state index is 12.0. The molecular formula is C21H18ClN5O3S. The fourth-order valence-corrected chi connectivity index (χ4v) is 3.03. The summed E-state index contributed by atoms with van der Waals surface area (Å²) in [6.45, 7) is -0.155. The van der Waals surface area contributed by atoms with E-state index in [-0.39, 0.29) is 24.2 Å². The van der Waals surface area contributed by atoms with Crippen LogP contribution in [0.4, 0.5) is 5.69 Å². The predicted molar refractivity (Wildman–Crippen MR) is 121 cm³/mol. The molecule has 31 heavy (non-hydrogen) atoms. The molecular weight excluding hydrogens is 438 g/mol. The van der Waals surface area contributed by atoms with Crippen LogP contribution < -0.4 is 15.5 Å². The second-order valence-electron chi connectivity index (χ2n) is 6.00. The largest absolute Gasteiger partial charge is 0.484 e. The first-order valence-corrected chi connectivity index (χ1v) is 10.5. The molecule has 0 spiro atoms. The van der Waals surface area contributed by atoms with Crippen LogP contribution in [0, 0.1) is 0 Å². The van der Waals surface area contributed by atoms with Crippen molar-refractivity contribution in [1.82, 2.24) is 15.4 Å². The number of hydrogen-bond acceptors (Lipinski definition) is 7. The molecule has 158 valence electrons. The van der Waals surface area contributed by atoms with Crippen LogP contribution in [-0.2, 0) is 9.59 Å². The van der Waals surface area contributed by atoms with Gasteiger partial charge in [-0.2, -0.15) is 5.10 Å². The van der Waals surface area contributed by atoms with Gasteiger partial charge in [-0.3, -0.25) is 9.59 Å². The molecule has 0 fully saturated rings. The number of carbonyl (C=O) groups is 2. The number of carbonyl (C=O) groups excluding carboxylic acids is 2. The summed E-state index contributed by atoms with van der Waals surface area (Å²) in [4.78, 5) is 31.8. The van der Waals surface area contributed by atoms with Crippen LogP contribution in [0.2, 0.25) is 5.02 Å². The zero-order valence-electron chi connectivity index (χ0n) is 16.2. The molecule has 0 atom stereocenters. The maximum Gasteiger partial charge on any atom is 0.262 e. The van der Waals surface area contributed by atoms with Crippen LogP contribution in [-0.4, -0.2) is 40.4 Å². The van der Waals surface area contributed by atoms with Crippen molar-refractivity contribution in [2.24, 2.45) is 5.10 Å². The number of nitrogens with zero attached hydrogens (tertiary/aromatic N) is 3. The number of aromatic nitrogens is 2. The zero-order valence-corrected chi connectivity index (χ0v) is 17.8. The molecule has 1 aromatic heterocycles. The van der Waals surface area contributed by atoms with Gasteiger partial charge in [-0.05, 0) is 48.0 Å². The Morgan fingerprint density at radius 1 is 1.03 bits per heavy atom. The first-order valence-electron chi connectivity index (χ1n) is 9.09. The van der Waals surface area contributed by atoms with Crippen molar-refractivity contribution < 1.29 is 14.3 Å². The van der Waals surface area contributed by atoms with Gasteiger partial charge in [-0.25, -0.2) is 15.4 Å². The van der Waals surface area contributed by atoms with E-state index in [9.17, 15) is 9.59 Å². The normalized spacial score (nSPS) is 10.6. The standard InChI is InChI=1S/C21H18ClN5O3S/c22-17-4-1-2-5-18(17)26-19(28)13-30-16-8-6-15(7-9-16)12-25-27-20(29)14-31-21-23-10-3-11-24-21/h1-12H,13-14H2,(H,26,28)(H,27,29)/b25-12-. The lowest BCUT2D eigenvalue weighted by molar-refractivity contribution is -0.119. The Kier molecular flexibility index (Phi) is 8.39. The Balaban J connectivity index is 1.39. The minimum absolute atomic E-state index is 0.155. The Morgan fingerprint density at radius 3 is 2.52 bits per heavy atom. The van der Waals surface area contributed by atoms with Crippen LogP contribution in [0.25, 0.3) is 0 Å². The van der Waals surface area contributed by atoms with E-state index in [4.69, 9.17) is 16.3 Å². The second kappa shape index (κ2) is 11.7. The van der Waals surface area contributed by atoms with Gasteiger partial charge in [0.2, 0.25) is 0 Å². The summed E-state index contributed by atoms with van der Waals surface area (Å²) >= 11 is 7.23. The number of hydrazone groups is 1. The third-order valence-electron chi connectivity index (χ3n) is 3.68. The molecule has 8 nitrogen and oxygen atoms in total. The molecule has 0 unspecified atom stereocenters. The molecule has 0 aliphatic carbocycles. The number of benzene rings is 2. The number of para-hydroxylation sites is 1. The highest BCUT2D eigenvalue weighted by molar-refractivity contribution is 7.99. The van der Waals surface area contributed by atoms with Crippen molar-refractivity contribution in [3.63, 3.8) is 0 Å². The summed E-state index contributed by atoms with van der Waals surface area (Å²) in [7, 11) is 0. The topological polar surface area (TPSA) is 106 Å². The summed E-state index contributed by atoms with van der Waals surface area (Å²) in [6.07, 6.45) is 4.74. The molecule has 3 rings (SSSR count). The van der Waals surface area contributed by atoms with Gasteiger partial charge in [0.25, 0.3) is 11.8 Å². The Hall–Kier alpha value is -3.43. The molecule has 10 heteroatoms. The van der Waals surface area contributed by atoms with E-state index in [0.717, 1.165) is 5.56 Å². The minimum Gasteiger partial charge on any atom is -0.484 e. The van der Waals surface area contributed by atoms with Gasteiger partial charge in [-0.1, -0.05) is 35.5 Å². The zero-order chi connectivity index (χ0) is 21.9. The van der Waals surface area contributed by atoms with Crippen molar-refractivity contribution in [2.45, 2.75) is 5.16 Å². The highest BCUT2D eigenvalue weighted by atomic mass is 35.5. The Bertz CT molecular complexity index is 1050. The van der Waals surface area contributed by atoms with E-state index in [0.29, 0.717) is 21.6 Å². The molecule has 0 bridgehead atoms. The van der Waals surface area contributed by atoms with Crippen molar-refractivity contribution >= 4 is 47.1 Å². The Morgan fingerprint density at radius 2 is 1.77 bits per heavy atom. The first-order chi connectivity index (χ1) is 15.1. The van der Waals surface area contributed by atoms with E-state index >= 15 is 0 Å². The lowest BCUT2D eigenvalue weighted by Gasteiger charge is -2.08. The number of nitrogens with one attached hydrogen (secondary N) is 2. The summed E-state index contributed by atoms with van der Waals surface area (Å²) < 4.78 is 5.47. The number of halogens is 1. The number of hydrogen-bond donors (Lipinski definition) is 2. The van der Waals surface area contributed by atoms with Crippen molar-refractivity contribution in [2.75, 3.05) is 17.7 Å². The van der Waals surface area contributed by atoms with Gasteiger partial charge in [0.15, 0.2) is 11.8 Å². The molecule has 2 aromatic carbocycles. The summed E-state index contributed by atoms with van der Waals surface area (Å²) in [6, 6.07) is 15.6. The average Bonchev–Trinajstić information content (AvgIpc) is 2.79. The molecule has 0 radical (unpaired) electrons. The van der Waals surface area contributed by atoms with Gasteiger partial charge in [-0.15, -0.1) is 0 Å². The van der Waals surface area contributed by atoms with Gasteiger partial charge < -0.3 is 10.1 Å². The predicted octanol–water partition coefficient (Wildman–Crippen LogP) is 3.39. The quantitative estimate of drug-likeness (QED) is 0.222. The van der Waals surface area contributed by atoms with Gasteiger partial charge in [0.05, 0.1) is 22.7 Å². The van der Waals surface area contributed by atoms with E-state index in [1.165, 1.54) is 18.0 Å². The number of ether oxygens (including phenoxy) is 1. The molecule has 0 saturated carbocycles. The highest BCUT2D eigenvalue weighted by Crippen LogP contribution is 2.20. The summed E-state index contributed by atoms with van der Waals surface area (Å²) in [5, 5.41) is 7.58. The first kappa shape index (κ1) is 22.3. The van der Waals surface area contributed by atoms with Crippen LogP contribution in [0.15, 0.2) is 77.2 Å². The maximum absolute atomic E-state index is 12.0. The third-order valence-corrected chi connectivity index (χ3v) is 4.88. The van der Waals surface area contributed by atoms with Crippen LogP contribution >= 0.6 is 23.4 Å².